The highest BCUT2D eigenvalue weighted by Gasteiger charge is 2.44. The number of urea groups is 1. The first-order chi connectivity index (χ1) is 18.1. The summed E-state index contributed by atoms with van der Waals surface area (Å²) in [5.41, 5.74) is 2.67. The highest BCUT2D eigenvalue weighted by molar-refractivity contribution is 5.89. The number of anilines is 1. The number of rotatable bonds is 5. The van der Waals surface area contributed by atoms with Crippen molar-refractivity contribution in [3.8, 4) is 0 Å². The van der Waals surface area contributed by atoms with Gasteiger partial charge in [-0.15, -0.1) is 0 Å². The molecule has 1 atom stereocenters. The molecule has 2 heterocycles. The Hall–Kier alpha value is -3.80. The molecule has 3 amide bonds. The number of nitrogens with one attached hydrogen (secondary N) is 1. The Bertz CT molecular complexity index is 1170. The minimum atomic E-state index is -0.646. The largest absolute Gasteiger partial charge is 0.368 e. The van der Waals surface area contributed by atoms with Gasteiger partial charge in [-0.05, 0) is 43.0 Å². The molecule has 3 aromatic carbocycles. The van der Waals surface area contributed by atoms with Crippen molar-refractivity contribution in [2.24, 2.45) is 0 Å². The van der Waals surface area contributed by atoms with Crippen LogP contribution in [-0.4, -0.2) is 61.0 Å². The maximum absolute atomic E-state index is 13.8. The Labute approximate surface area is 219 Å². The van der Waals surface area contributed by atoms with E-state index >= 15 is 0 Å². The van der Waals surface area contributed by atoms with E-state index in [0.29, 0.717) is 39.0 Å². The lowest BCUT2D eigenvalue weighted by atomic mass is 9.71. The molecule has 0 aromatic heterocycles. The Kier molecular flexibility index (Phi) is 7.45. The van der Waals surface area contributed by atoms with Gasteiger partial charge in [0.15, 0.2) is 0 Å². The Morgan fingerprint density at radius 3 is 1.81 bits per heavy atom. The lowest BCUT2D eigenvalue weighted by Gasteiger charge is -2.44. The van der Waals surface area contributed by atoms with Crippen LogP contribution >= 0.6 is 0 Å². The normalized spacial score (nSPS) is 18.2. The van der Waals surface area contributed by atoms with Crippen molar-refractivity contribution in [1.29, 1.82) is 0 Å². The fourth-order valence-corrected chi connectivity index (χ4v) is 5.64. The van der Waals surface area contributed by atoms with Crippen LogP contribution in [0.1, 0.15) is 36.9 Å². The van der Waals surface area contributed by atoms with Crippen LogP contribution in [0.25, 0.3) is 0 Å². The highest BCUT2D eigenvalue weighted by atomic mass is 16.2. The Morgan fingerprint density at radius 2 is 1.22 bits per heavy atom. The molecule has 0 saturated carbocycles. The van der Waals surface area contributed by atoms with Crippen molar-refractivity contribution < 1.29 is 9.59 Å². The van der Waals surface area contributed by atoms with Crippen molar-refractivity contribution in [2.45, 2.75) is 31.2 Å². The molecule has 37 heavy (non-hydrogen) atoms. The van der Waals surface area contributed by atoms with Crippen LogP contribution in [0.4, 0.5) is 10.5 Å². The van der Waals surface area contributed by atoms with E-state index in [9.17, 15) is 9.59 Å². The zero-order valence-electron chi connectivity index (χ0n) is 21.6. The summed E-state index contributed by atoms with van der Waals surface area (Å²) in [6.07, 6.45) is 1.22. The van der Waals surface area contributed by atoms with Crippen molar-refractivity contribution in [1.82, 2.24) is 15.1 Å². The molecule has 0 bridgehead atoms. The molecule has 0 unspecified atom stereocenters. The summed E-state index contributed by atoms with van der Waals surface area (Å²) in [5, 5.41) is 3.27. The first-order valence-electron chi connectivity index (χ1n) is 13.3. The van der Waals surface area contributed by atoms with Crippen LogP contribution in [0.15, 0.2) is 91.0 Å². The van der Waals surface area contributed by atoms with Crippen LogP contribution in [0.3, 0.4) is 0 Å². The van der Waals surface area contributed by atoms with E-state index in [1.165, 1.54) is 5.69 Å². The number of carbonyl (C=O) groups is 2. The zero-order chi connectivity index (χ0) is 25.7. The highest BCUT2D eigenvalue weighted by Crippen LogP contribution is 2.37. The first kappa shape index (κ1) is 24.9. The fourth-order valence-electron chi connectivity index (χ4n) is 5.64. The van der Waals surface area contributed by atoms with E-state index in [-0.39, 0.29) is 18.0 Å². The van der Waals surface area contributed by atoms with Crippen LogP contribution in [0, 0.1) is 0 Å². The second kappa shape index (κ2) is 11.1. The van der Waals surface area contributed by atoms with Gasteiger partial charge in [-0.3, -0.25) is 4.79 Å². The molecule has 0 radical (unpaired) electrons. The number of hydrogen-bond acceptors (Lipinski definition) is 3. The number of likely N-dealkylation sites (tertiary alicyclic amines) is 1. The van der Waals surface area contributed by atoms with E-state index < -0.39 is 5.41 Å². The van der Waals surface area contributed by atoms with Crippen LogP contribution < -0.4 is 10.2 Å². The summed E-state index contributed by atoms with van der Waals surface area (Å²) in [6.45, 7) is 6.25. The van der Waals surface area contributed by atoms with Gasteiger partial charge in [-0.25, -0.2) is 4.79 Å². The third-order valence-corrected chi connectivity index (χ3v) is 7.97. The number of hydrogen-bond donors (Lipinski definition) is 1. The van der Waals surface area contributed by atoms with Gasteiger partial charge >= 0.3 is 6.03 Å². The van der Waals surface area contributed by atoms with Crippen LogP contribution in [0.5, 0.6) is 0 Å². The molecule has 6 nitrogen and oxygen atoms in total. The smallest absolute Gasteiger partial charge is 0.320 e. The summed E-state index contributed by atoms with van der Waals surface area (Å²) >= 11 is 0. The Balaban J connectivity index is 1.24. The minimum absolute atomic E-state index is 0.0404. The number of carbonyl (C=O) groups excluding carboxylic acids is 2. The lowest BCUT2D eigenvalue weighted by molar-refractivity contribution is -0.129. The van der Waals surface area contributed by atoms with Crippen molar-refractivity contribution in [3.05, 3.63) is 102 Å². The second-order valence-electron chi connectivity index (χ2n) is 10.1. The van der Waals surface area contributed by atoms with Gasteiger partial charge in [-0.1, -0.05) is 78.9 Å². The summed E-state index contributed by atoms with van der Waals surface area (Å²) < 4.78 is 0. The zero-order valence-corrected chi connectivity index (χ0v) is 21.6. The van der Waals surface area contributed by atoms with Gasteiger partial charge in [0.1, 0.15) is 0 Å². The summed E-state index contributed by atoms with van der Waals surface area (Å²) in [5.74, 6) is 0.0404. The molecule has 1 N–H and O–H groups in total. The quantitative estimate of drug-likeness (QED) is 0.550. The van der Waals surface area contributed by atoms with Crippen molar-refractivity contribution >= 4 is 17.6 Å². The molecule has 0 spiro atoms. The predicted molar refractivity (Wildman–Crippen MR) is 148 cm³/mol. The van der Waals surface area contributed by atoms with E-state index in [2.05, 4.69) is 34.5 Å². The van der Waals surface area contributed by atoms with Crippen LogP contribution in [0.2, 0.25) is 0 Å². The number of piperazine rings is 1. The van der Waals surface area contributed by atoms with E-state index in [1.807, 2.05) is 83.5 Å². The van der Waals surface area contributed by atoms with Gasteiger partial charge in [-0.2, -0.15) is 0 Å². The maximum Gasteiger partial charge on any atom is 0.320 e. The standard InChI is InChI=1S/C31H36N4O2/c1-25(26-11-5-2-6-12-26)32-29(36)31(27-13-7-3-8-14-27)17-19-34(20-18-31)30(37)35-23-21-33(22-24-35)28-15-9-4-10-16-28/h2-16,25H,17-24H2,1H3,(H,32,36)/t25-/m0/s1. The summed E-state index contributed by atoms with van der Waals surface area (Å²) in [7, 11) is 0. The number of nitrogens with zero attached hydrogens (tertiary/aromatic N) is 3. The van der Waals surface area contributed by atoms with E-state index in [0.717, 1.165) is 24.2 Å². The summed E-state index contributed by atoms with van der Waals surface area (Å²) in [6, 6.07) is 30.5. The molecule has 5 rings (SSSR count). The monoisotopic (exact) mass is 496 g/mol. The molecule has 3 aromatic rings. The lowest BCUT2D eigenvalue weighted by Crippen LogP contribution is -2.57. The third-order valence-electron chi connectivity index (χ3n) is 7.97. The average molecular weight is 497 g/mol. The topological polar surface area (TPSA) is 55.9 Å². The average Bonchev–Trinajstić information content (AvgIpc) is 2.98. The molecule has 6 heteroatoms. The maximum atomic E-state index is 13.8. The third kappa shape index (κ3) is 5.33. The molecule has 2 aliphatic rings. The van der Waals surface area contributed by atoms with Gasteiger partial charge in [0.2, 0.25) is 5.91 Å². The van der Waals surface area contributed by atoms with Crippen molar-refractivity contribution in [3.63, 3.8) is 0 Å². The molecular formula is C31H36N4O2. The first-order valence-corrected chi connectivity index (χ1v) is 13.3. The van der Waals surface area contributed by atoms with Crippen LogP contribution in [-0.2, 0) is 10.2 Å². The van der Waals surface area contributed by atoms with Gasteiger partial charge in [0.25, 0.3) is 0 Å². The van der Waals surface area contributed by atoms with Crippen molar-refractivity contribution in [2.75, 3.05) is 44.2 Å². The summed E-state index contributed by atoms with van der Waals surface area (Å²) in [4.78, 5) is 33.5. The van der Waals surface area contributed by atoms with Gasteiger partial charge in [0, 0.05) is 45.0 Å². The molecule has 2 fully saturated rings. The van der Waals surface area contributed by atoms with E-state index in [1.54, 1.807) is 0 Å². The Morgan fingerprint density at radius 1 is 0.703 bits per heavy atom. The molecule has 192 valence electrons. The number of piperidine rings is 1. The minimum Gasteiger partial charge on any atom is -0.368 e. The fraction of sp³-hybridized carbons (Fsp3) is 0.355. The predicted octanol–water partition coefficient (Wildman–Crippen LogP) is 4.84. The molecule has 0 aliphatic carbocycles. The second-order valence-corrected chi connectivity index (χ2v) is 10.1. The molecular weight excluding hydrogens is 460 g/mol. The number of amides is 3. The van der Waals surface area contributed by atoms with Gasteiger partial charge < -0.3 is 20.0 Å². The molecule has 2 saturated heterocycles. The van der Waals surface area contributed by atoms with E-state index in [4.69, 9.17) is 0 Å². The SMILES string of the molecule is C[C@H](NC(=O)C1(c2ccccc2)CCN(C(=O)N2CCN(c3ccccc3)CC2)CC1)c1ccccc1. The number of benzene rings is 3. The molecule has 2 aliphatic heterocycles. The number of para-hydroxylation sites is 1. The van der Waals surface area contributed by atoms with Gasteiger partial charge in [0.05, 0.1) is 11.5 Å².